The smallest absolute Gasteiger partial charge is 0.128 e. The zero-order chi connectivity index (χ0) is 8.55. The van der Waals surface area contributed by atoms with Crippen molar-refractivity contribution in [3.8, 4) is 5.75 Å². The number of hydrogen-bond acceptors (Lipinski definition) is 2. The Hall–Kier alpha value is -1.06. The van der Waals surface area contributed by atoms with Crippen molar-refractivity contribution < 1.29 is 15.5 Å². The van der Waals surface area contributed by atoms with Crippen LogP contribution in [0.1, 0.15) is 17.2 Å². The summed E-state index contributed by atoms with van der Waals surface area (Å²) in [5, 5.41) is 21.0. The molecule has 0 aromatic heterocycles. The van der Waals surface area contributed by atoms with Crippen LogP contribution in [0, 0.1) is 0 Å². The predicted octanol–water partition coefficient (Wildman–Crippen LogP) is -0.497. The molecule has 0 saturated carbocycles. The van der Waals surface area contributed by atoms with Crippen LogP contribution in [0.2, 0.25) is 0 Å². The van der Waals surface area contributed by atoms with Crippen LogP contribution in [-0.4, -0.2) is 16.8 Å². The summed E-state index contributed by atoms with van der Waals surface area (Å²) in [6.45, 7) is 1.45. The first-order valence-electron chi connectivity index (χ1n) is 4.09. The first-order valence-corrected chi connectivity index (χ1v) is 4.09. The molecule has 1 aromatic rings. The summed E-state index contributed by atoms with van der Waals surface area (Å²) < 4.78 is 0. The van der Waals surface area contributed by atoms with Crippen molar-refractivity contribution in [2.45, 2.75) is 12.6 Å². The topological polar surface area (TPSA) is 57.1 Å². The molecule has 0 fully saturated rings. The second kappa shape index (κ2) is 2.77. The summed E-state index contributed by atoms with van der Waals surface area (Å²) in [6, 6.07) is 5.29. The van der Waals surface area contributed by atoms with Crippen molar-refractivity contribution in [1.82, 2.24) is 0 Å². The highest BCUT2D eigenvalue weighted by molar-refractivity contribution is 5.40. The van der Waals surface area contributed by atoms with E-state index in [2.05, 4.69) is 0 Å². The van der Waals surface area contributed by atoms with E-state index in [1.807, 2.05) is 11.4 Å². The quantitative estimate of drug-likeness (QED) is 0.487. The van der Waals surface area contributed by atoms with Gasteiger partial charge in [-0.1, -0.05) is 12.1 Å². The van der Waals surface area contributed by atoms with Crippen LogP contribution >= 0.6 is 0 Å². The Balaban J connectivity index is 2.52. The van der Waals surface area contributed by atoms with Crippen molar-refractivity contribution in [3.05, 3.63) is 29.3 Å². The molecule has 0 amide bonds. The highest BCUT2D eigenvalue weighted by Gasteiger charge is 2.21. The van der Waals surface area contributed by atoms with Crippen LogP contribution in [0.3, 0.4) is 0 Å². The molecule has 0 spiro atoms. The van der Waals surface area contributed by atoms with Crippen LogP contribution < -0.4 is 5.32 Å². The lowest BCUT2D eigenvalue weighted by Gasteiger charge is -2.19. The average Bonchev–Trinajstić information content (AvgIpc) is 2.07. The largest absolute Gasteiger partial charge is 0.507 e. The van der Waals surface area contributed by atoms with E-state index < -0.39 is 6.10 Å². The SMILES string of the molecule is Oc1cccc2c1C[NH2+]CC2O. The molecule has 1 heterocycles. The maximum absolute atomic E-state index is 9.54. The molecule has 1 unspecified atom stereocenters. The molecule has 4 N–H and O–H groups in total. The van der Waals surface area contributed by atoms with Crippen LogP contribution in [0.5, 0.6) is 5.75 Å². The Morgan fingerprint density at radius 3 is 3.00 bits per heavy atom. The number of phenols is 1. The predicted molar refractivity (Wildman–Crippen MR) is 43.6 cm³/mol. The number of aromatic hydroxyl groups is 1. The molecular weight excluding hydrogens is 154 g/mol. The van der Waals surface area contributed by atoms with Gasteiger partial charge in [-0.25, -0.2) is 0 Å². The van der Waals surface area contributed by atoms with Gasteiger partial charge >= 0.3 is 0 Å². The van der Waals surface area contributed by atoms with Gasteiger partial charge in [0.2, 0.25) is 0 Å². The number of benzene rings is 1. The lowest BCUT2D eigenvalue weighted by atomic mass is 9.98. The molecule has 12 heavy (non-hydrogen) atoms. The molecule has 1 aromatic carbocycles. The van der Waals surface area contributed by atoms with Crippen molar-refractivity contribution >= 4 is 0 Å². The van der Waals surface area contributed by atoms with E-state index in [1.165, 1.54) is 0 Å². The van der Waals surface area contributed by atoms with E-state index in [-0.39, 0.29) is 0 Å². The number of rotatable bonds is 0. The van der Waals surface area contributed by atoms with Crippen LogP contribution in [0.25, 0.3) is 0 Å². The Kier molecular flexibility index (Phi) is 1.75. The third kappa shape index (κ3) is 1.07. The van der Waals surface area contributed by atoms with Crippen molar-refractivity contribution in [2.75, 3.05) is 6.54 Å². The van der Waals surface area contributed by atoms with Crippen molar-refractivity contribution in [2.24, 2.45) is 0 Å². The average molecular weight is 166 g/mol. The lowest BCUT2D eigenvalue weighted by molar-refractivity contribution is -0.681. The first-order chi connectivity index (χ1) is 5.79. The van der Waals surface area contributed by atoms with Crippen molar-refractivity contribution in [1.29, 1.82) is 0 Å². The minimum absolute atomic E-state index is 0.294. The number of nitrogens with two attached hydrogens (primary N) is 1. The Morgan fingerprint density at radius 2 is 2.25 bits per heavy atom. The maximum atomic E-state index is 9.54. The van der Waals surface area contributed by atoms with Gasteiger partial charge in [-0.2, -0.15) is 0 Å². The molecule has 1 atom stereocenters. The zero-order valence-corrected chi connectivity index (χ0v) is 6.70. The van der Waals surface area contributed by atoms with Gasteiger partial charge in [0.15, 0.2) is 0 Å². The minimum atomic E-state index is -0.430. The number of quaternary nitrogens is 1. The Morgan fingerprint density at radius 1 is 1.42 bits per heavy atom. The van der Waals surface area contributed by atoms with Crippen LogP contribution in [0.15, 0.2) is 18.2 Å². The highest BCUT2D eigenvalue weighted by atomic mass is 16.3. The molecule has 0 saturated heterocycles. The van der Waals surface area contributed by atoms with E-state index >= 15 is 0 Å². The molecule has 2 rings (SSSR count). The second-order valence-corrected chi connectivity index (χ2v) is 3.09. The van der Waals surface area contributed by atoms with Gasteiger partial charge in [0.1, 0.15) is 24.9 Å². The first kappa shape index (κ1) is 7.58. The van der Waals surface area contributed by atoms with Crippen molar-refractivity contribution in [3.63, 3.8) is 0 Å². The monoisotopic (exact) mass is 166 g/mol. The van der Waals surface area contributed by atoms with Gasteiger partial charge in [0, 0.05) is 0 Å². The molecule has 64 valence electrons. The van der Waals surface area contributed by atoms with E-state index in [0.717, 1.165) is 17.7 Å². The summed E-state index contributed by atoms with van der Waals surface area (Å²) in [4.78, 5) is 0. The molecule has 3 nitrogen and oxygen atoms in total. The fourth-order valence-electron chi connectivity index (χ4n) is 1.64. The van der Waals surface area contributed by atoms with Gasteiger partial charge in [0.25, 0.3) is 0 Å². The molecule has 1 aliphatic heterocycles. The molecule has 0 aliphatic carbocycles. The zero-order valence-electron chi connectivity index (χ0n) is 6.70. The molecule has 0 bridgehead atoms. The summed E-state index contributed by atoms with van der Waals surface area (Å²) >= 11 is 0. The van der Waals surface area contributed by atoms with Gasteiger partial charge < -0.3 is 15.5 Å². The van der Waals surface area contributed by atoms with Gasteiger partial charge in [-0.05, 0) is 11.6 Å². The molecule has 3 heteroatoms. The standard InChI is InChI=1S/C9H11NO2/c11-8-3-1-2-6-7(8)4-10-5-9(6)12/h1-3,9-12H,4-5H2/p+1. The van der Waals surface area contributed by atoms with Gasteiger partial charge in [-0.3, -0.25) is 0 Å². The minimum Gasteiger partial charge on any atom is -0.507 e. The third-order valence-corrected chi connectivity index (χ3v) is 2.28. The summed E-state index contributed by atoms with van der Waals surface area (Å²) in [5.41, 5.74) is 1.74. The number of hydrogen-bond donors (Lipinski definition) is 3. The second-order valence-electron chi connectivity index (χ2n) is 3.09. The van der Waals surface area contributed by atoms with E-state index in [9.17, 15) is 10.2 Å². The number of phenolic OH excluding ortho intramolecular Hbond substituents is 1. The number of aliphatic hydroxyl groups is 1. The van der Waals surface area contributed by atoms with E-state index in [0.29, 0.717) is 12.3 Å². The van der Waals surface area contributed by atoms with Crippen LogP contribution in [0.4, 0.5) is 0 Å². The summed E-state index contributed by atoms with van der Waals surface area (Å²) in [7, 11) is 0. The number of fused-ring (bicyclic) bond motifs is 1. The summed E-state index contributed by atoms with van der Waals surface area (Å²) in [6.07, 6.45) is -0.430. The lowest BCUT2D eigenvalue weighted by Crippen LogP contribution is -2.85. The number of aliphatic hydroxyl groups excluding tert-OH is 1. The van der Waals surface area contributed by atoms with Gasteiger partial charge in [0.05, 0.1) is 5.56 Å². The Bertz CT molecular complexity index is 299. The molecule has 0 radical (unpaired) electrons. The Labute approximate surface area is 70.7 Å². The van der Waals surface area contributed by atoms with E-state index in [4.69, 9.17) is 0 Å². The fraction of sp³-hybridized carbons (Fsp3) is 0.333. The molecule has 1 aliphatic rings. The third-order valence-electron chi connectivity index (χ3n) is 2.28. The maximum Gasteiger partial charge on any atom is 0.128 e. The highest BCUT2D eigenvalue weighted by Crippen LogP contribution is 2.26. The normalized spacial score (nSPS) is 21.9. The van der Waals surface area contributed by atoms with Crippen LogP contribution in [-0.2, 0) is 6.54 Å². The summed E-state index contributed by atoms with van der Waals surface area (Å²) in [5.74, 6) is 0.294. The molecular formula is C9H12NO2+. The van der Waals surface area contributed by atoms with E-state index in [1.54, 1.807) is 12.1 Å². The van der Waals surface area contributed by atoms with Gasteiger partial charge in [-0.15, -0.1) is 0 Å². The fourth-order valence-corrected chi connectivity index (χ4v) is 1.64.